The van der Waals surface area contributed by atoms with Crippen molar-refractivity contribution in [2.45, 2.75) is 72.1 Å². The minimum Gasteiger partial charge on any atom is -0.465 e. The molecule has 0 aliphatic heterocycles. The molecule has 0 aliphatic rings. The molecule has 6 heteroatoms. The zero-order chi connectivity index (χ0) is 20.3. The van der Waals surface area contributed by atoms with Crippen molar-refractivity contribution in [2.75, 3.05) is 6.61 Å². The summed E-state index contributed by atoms with van der Waals surface area (Å²) in [6, 6.07) is 4.78. The number of unbranched alkanes of at least 4 members (excludes halogenated alkanes) is 5. The van der Waals surface area contributed by atoms with E-state index in [4.69, 9.17) is 32.7 Å². The zero-order valence-electron chi connectivity index (χ0n) is 16.5. The van der Waals surface area contributed by atoms with E-state index in [0.29, 0.717) is 6.61 Å². The van der Waals surface area contributed by atoms with Crippen molar-refractivity contribution >= 4 is 35.1 Å². The standard InChI is InChI=1S/C21H30Cl2O4/c1-4-7-8-9-10-11-15-26-19(24)21(5-2,6-3)20(25)27-17-14-12-13-16(22)18(17)23/h12-14H,4-11,15H2,1-3H3. The highest BCUT2D eigenvalue weighted by molar-refractivity contribution is 6.43. The summed E-state index contributed by atoms with van der Waals surface area (Å²) in [7, 11) is 0. The van der Waals surface area contributed by atoms with Gasteiger partial charge in [-0.25, -0.2) is 0 Å². The van der Waals surface area contributed by atoms with E-state index in [1.54, 1.807) is 32.0 Å². The third-order valence-corrected chi connectivity index (χ3v) is 5.64. The maximum Gasteiger partial charge on any atom is 0.328 e. The fourth-order valence-electron chi connectivity index (χ4n) is 2.86. The lowest BCUT2D eigenvalue weighted by molar-refractivity contribution is -0.168. The maximum absolute atomic E-state index is 12.8. The lowest BCUT2D eigenvalue weighted by Crippen LogP contribution is -2.42. The first-order valence-electron chi connectivity index (χ1n) is 9.76. The van der Waals surface area contributed by atoms with Crippen molar-refractivity contribution in [3.8, 4) is 5.75 Å². The fraction of sp³-hybridized carbons (Fsp3) is 0.619. The molecule has 1 aromatic rings. The molecule has 0 radical (unpaired) electrons. The molecule has 152 valence electrons. The van der Waals surface area contributed by atoms with Crippen LogP contribution in [0, 0.1) is 5.41 Å². The van der Waals surface area contributed by atoms with Crippen LogP contribution in [0.2, 0.25) is 10.0 Å². The normalized spacial score (nSPS) is 11.3. The van der Waals surface area contributed by atoms with Gasteiger partial charge in [-0.1, -0.05) is 82.1 Å². The Bertz CT molecular complexity index is 612. The zero-order valence-corrected chi connectivity index (χ0v) is 18.0. The molecule has 4 nitrogen and oxygen atoms in total. The average molecular weight is 417 g/mol. The van der Waals surface area contributed by atoms with Gasteiger partial charge < -0.3 is 9.47 Å². The van der Waals surface area contributed by atoms with Crippen molar-refractivity contribution < 1.29 is 19.1 Å². The summed E-state index contributed by atoms with van der Waals surface area (Å²) in [6.07, 6.45) is 7.15. The van der Waals surface area contributed by atoms with Crippen LogP contribution >= 0.6 is 23.2 Å². The van der Waals surface area contributed by atoms with E-state index >= 15 is 0 Å². The van der Waals surface area contributed by atoms with Gasteiger partial charge in [-0.05, 0) is 31.4 Å². The molecule has 0 saturated carbocycles. The molecule has 0 bridgehead atoms. The van der Waals surface area contributed by atoms with E-state index in [1.807, 2.05) is 0 Å². The van der Waals surface area contributed by atoms with Crippen molar-refractivity contribution in [3.63, 3.8) is 0 Å². The molecule has 0 aromatic heterocycles. The number of carbonyl (C=O) groups is 2. The molecule has 1 rings (SSSR count). The minimum atomic E-state index is -1.34. The number of rotatable bonds is 12. The predicted molar refractivity (Wildman–Crippen MR) is 109 cm³/mol. The lowest BCUT2D eigenvalue weighted by atomic mass is 9.82. The molecule has 0 spiro atoms. The first-order chi connectivity index (χ1) is 12.9. The third-order valence-electron chi connectivity index (χ3n) is 4.84. The van der Waals surface area contributed by atoms with Crippen LogP contribution in [0.15, 0.2) is 18.2 Å². The molecule has 0 atom stereocenters. The summed E-state index contributed by atoms with van der Waals surface area (Å²) in [5, 5.41) is 0.431. The highest BCUT2D eigenvalue weighted by Gasteiger charge is 2.46. The second-order valence-electron chi connectivity index (χ2n) is 6.63. The second-order valence-corrected chi connectivity index (χ2v) is 7.42. The molecule has 0 heterocycles. The molecular formula is C21H30Cl2O4. The lowest BCUT2D eigenvalue weighted by Gasteiger charge is -2.27. The molecule has 0 saturated heterocycles. The molecule has 0 N–H and O–H groups in total. The van der Waals surface area contributed by atoms with Gasteiger partial charge in [-0.3, -0.25) is 9.59 Å². The Labute approximate surface area is 172 Å². The molecule has 1 aromatic carbocycles. The molecule has 0 aliphatic carbocycles. The first-order valence-corrected chi connectivity index (χ1v) is 10.5. The van der Waals surface area contributed by atoms with Gasteiger partial charge in [-0.2, -0.15) is 0 Å². The Morgan fingerprint density at radius 1 is 0.926 bits per heavy atom. The summed E-state index contributed by atoms with van der Waals surface area (Å²) in [6.45, 7) is 6.04. The van der Waals surface area contributed by atoms with Gasteiger partial charge in [0, 0.05) is 0 Å². The first kappa shape index (κ1) is 23.8. The summed E-state index contributed by atoms with van der Waals surface area (Å²) < 4.78 is 10.8. The summed E-state index contributed by atoms with van der Waals surface area (Å²) in [5.41, 5.74) is -1.34. The van der Waals surface area contributed by atoms with E-state index in [9.17, 15) is 9.59 Å². The van der Waals surface area contributed by atoms with Gasteiger partial charge in [0.2, 0.25) is 0 Å². The highest BCUT2D eigenvalue weighted by Crippen LogP contribution is 2.35. The Morgan fingerprint density at radius 2 is 1.56 bits per heavy atom. The molecular weight excluding hydrogens is 387 g/mol. The van der Waals surface area contributed by atoms with Crippen molar-refractivity contribution in [2.24, 2.45) is 5.41 Å². The van der Waals surface area contributed by atoms with Crippen LogP contribution in [0.25, 0.3) is 0 Å². The van der Waals surface area contributed by atoms with Crippen LogP contribution < -0.4 is 4.74 Å². The largest absolute Gasteiger partial charge is 0.465 e. The molecule has 0 fully saturated rings. The van der Waals surface area contributed by atoms with Crippen LogP contribution in [-0.4, -0.2) is 18.5 Å². The van der Waals surface area contributed by atoms with Crippen LogP contribution in [0.3, 0.4) is 0 Å². The Balaban J connectivity index is 2.68. The number of ether oxygens (including phenoxy) is 2. The van der Waals surface area contributed by atoms with Gasteiger partial charge in [0.1, 0.15) is 5.02 Å². The third kappa shape index (κ3) is 6.69. The van der Waals surface area contributed by atoms with Gasteiger partial charge >= 0.3 is 11.9 Å². The van der Waals surface area contributed by atoms with Crippen molar-refractivity contribution in [1.29, 1.82) is 0 Å². The SMILES string of the molecule is CCCCCCCCOC(=O)C(CC)(CC)C(=O)Oc1cccc(Cl)c1Cl. The van der Waals surface area contributed by atoms with Crippen LogP contribution in [-0.2, 0) is 14.3 Å². The van der Waals surface area contributed by atoms with E-state index < -0.39 is 17.4 Å². The van der Waals surface area contributed by atoms with Gasteiger partial charge in [-0.15, -0.1) is 0 Å². The topological polar surface area (TPSA) is 52.6 Å². The number of hydrogen-bond donors (Lipinski definition) is 0. The molecule has 27 heavy (non-hydrogen) atoms. The number of benzene rings is 1. The number of halogens is 2. The smallest absolute Gasteiger partial charge is 0.328 e. The van der Waals surface area contributed by atoms with E-state index in [2.05, 4.69) is 6.92 Å². The molecule has 0 unspecified atom stereocenters. The van der Waals surface area contributed by atoms with Gasteiger partial charge in [0.15, 0.2) is 11.2 Å². The van der Waals surface area contributed by atoms with Crippen LogP contribution in [0.4, 0.5) is 0 Å². The summed E-state index contributed by atoms with van der Waals surface area (Å²) in [4.78, 5) is 25.4. The van der Waals surface area contributed by atoms with Gasteiger partial charge in [0.25, 0.3) is 0 Å². The minimum absolute atomic E-state index is 0.143. The van der Waals surface area contributed by atoms with Crippen LogP contribution in [0.1, 0.15) is 72.1 Å². The van der Waals surface area contributed by atoms with Gasteiger partial charge in [0.05, 0.1) is 11.6 Å². The fourth-order valence-corrected chi connectivity index (χ4v) is 3.19. The van der Waals surface area contributed by atoms with E-state index in [-0.39, 0.29) is 28.6 Å². The van der Waals surface area contributed by atoms with Crippen molar-refractivity contribution in [1.82, 2.24) is 0 Å². The Hall–Kier alpha value is -1.26. The monoisotopic (exact) mass is 416 g/mol. The average Bonchev–Trinajstić information content (AvgIpc) is 2.66. The maximum atomic E-state index is 12.8. The summed E-state index contributed by atoms with van der Waals surface area (Å²) in [5.74, 6) is -1.06. The number of hydrogen-bond acceptors (Lipinski definition) is 4. The molecule has 0 amide bonds. The Morgan fingerprint density at radius 3 is 2.19 bits per heavy atom. The van der Waals surface area contributed by atoms with Crippen molar-refractivity contribution in [3.05, 3.63) is 28.2 Å². The van der Waals surface area contributed by atoms with E-state index in [0.717, 1.165) is 19.3 Å². The predicted octanol–water partition coefficient (Wildman–Crippen LogP) is 6.61. The number of carbonyl (C=O) groups excluding carboxylic acids is 2. The highest BCUT2D eigenvalue weighted by atomic mass is 35.5. The number of esters is 2. The second kappa shape index (κ2) is 12.2. The van der Waals surface area contributed by atoms with E-state index in [1.165, 1.54) is 19.3 Å². The summed E-state index contributed by atoms with van der Waals surface area (Å²) >= 11 is 12.0. The quantitative estimate of drug-likeness (QED) is 0.166. The van der Waals surface area contributed by atoms with Crippen LogP contribution in [0.5, 0.6) is 5.75 Å². The Kier molecular flexibility index (Phi) is 10.8.